The summed E-state index contributed by atoms with van der Waals surface area (Å²) in [5.74, 6) is -1.97. The number of halogens is 1. The smallest absolute Gasteiger partial charge is 0.307 e. The molecule has 0 saturated heterocycles. The Morgan fingerprint density at radius 3 is 2.48 bits per heavy atom. The molecule has 2 unspecified atom stereocenters. The van der Waals surface area contributed by atoms with E-state index in [0.717, 1.165) is 22.9 Å². The van der Waals surface area contributed by atoms with Crippen LogP contribution in [0.5, 0.6) is 0 Å². The van der Waals surface area contributed by atoms with Gasteiger partial charge in [-0.3, -0.25) is 9.59 Å². The predicted octanol–water partition coefficient (Wildman–Crippen LogP) is 3.52. The van der Waals surface area contributed by atoms with Crippen molar-refractivity contribution in [1.82, 2.24) is 5.32 Å². The van der Waals surface area contributed by atoms with Gasteiger partial charge < -0.3 is 10.4 Å². The number of aliphatic carboxylic acids is 1. The molecular weight excluding hydrogens is 334 g/mol. The molecule has 1 aliphatic carbocycles. The number of hydrogen-bond acceptors (Lipinski definition) is 2. The molecule has 1 saturated carbocycles. The molecular formula is C16H20BrNO3. The molecule has 1 aliphatic rings. The minimum absolute atomic E-state index is 0.148. The number of amides is 1. The number of carboxylic acid groups (broad SMARTS) is 1. The summed E-state index contributed by atoms with van der Waals surface area (Å²) in [7, 11) is 0. The molecule has 2 N–H and O–H groups in total. The van der Waals surface area contributed by atoms with Crippen LogP contribution >= 0.6 is 15.9 Å². The molecule has 114 valence electrons. The quantitative estimate of drug-likeness (QED) is 0.870. The van der Waals surface area contributed by atoms with E-state index >= 15 is 0 Å². The fraction of sp³-hybridized carbons (Fsp3) is 0.500. The van der Waals surface area contributed by atoms with E-state index in [9.17, 15) is 14.7 Å². The summed E-state index contributed by atoms with van der Waals surface area (Å²) in [6.45, 7) is 1.91. The zero-order valence-electron chi connectivity index (χ0n) is 12.0. The minimum atomic E-state index is -0.858. The van der Waals surface area contributed by atoms with Gasteiger partial charge in [0.25, 0.3) is 0 Å². The minimum Gasteiger partial charge on any atom is -0.481 e. The topological polar surface area (TPSA) is 66.4 Å². The Kier molecular flexibility index (Phi) is 5.39. The summed E-state index contributed by atoms with van der Waals surface area (Å²) in [6, 6.07) is 7.57. The van der Waals surface area contributed by atoms with Crippen LogP contribution in [0.25, 0.3) is 0 Å². The Hall–Kier alpha value is -1.36. The summed E-state index contributed by atoms with van der Waals surface area (Å²) >= 11 is 3.47. The van der Waals surface area contributed by atoms with Gasteiger partial charge in [0, 0.05) is 4.47 Å². The van der Waals surface area contributed by atoms with Crippen molar-refractivity contribution >= 4 is 27.8 Å². The lowest BCUT2D eigenvalue weighted by Crippen LogP contribution is -2.40. The van der Waals surface area contributed by atoms with Crippen LogP contribution in [-0.2, 0) is 9.59 Å². The molecule has 0 aliphatic heterocycles. The third-order valence-corrected chi connectivity index (χ3v) is 4.87. The van der Waals surface area contributed by atoms with Gasteiger partial charge >= 0.3 is 5.97 Å². The average Bonchev–Trinajstić information content (AvgIpc) is 2.47. The van der Waals surface area contributed by atoms with Gasteiger partial charge in [0.2, 0.25) is 5.91 Å². The van der Waals surface area contributed by atoms with Crippen LogP contribution in [0.2, 0.25) is 0 Å². The van der Waals surface area contributed by atoms with Crippen molar-refractivity contribution in [2.75, 3.05) is 0 Å². The van der Waals surface area contributed by atoms with Crippen LogP contribution in [0.1, 0.15) is 44.2 Å². The largest absolute Gasteiger partial charge is 0.481 e. The first-order valence-electron chi connectivity index (χ1n) is 7.28. The second-order valence-corrected chi connectivity index (χ2v) is 6.44. The lowest BCUT2D eigenvalue weighted by molar-refractivity contribution is -0.149. The molecule has 1 fully saturated rings. The third kappa shape index (κ3) is 3.84. The molecule has 0 aromatic heterocycles. The number of hydrogen-bond donors (Lipinski definition) is 2. The molecule has 0 heterocycles. The van der Waals surface area contributed by atoms with Crippen LogP contribution in [0.15, 0.2) is 28.7 Å². The standard InChI is InChI=1S/C16H20BrNO3/c1-10(11-6-4-5-9-14(11)17)18-15(19)12-7-2-3-8-13(12)16(20)21/h4-6,9-10,12-13H,2-3,7-8H2,1H3,(H,18,19)(H,20,21)/t10-,12?,13?/m1/s1. The van der Waals surface area contributed by atoms with E-state index in [1.54, 1.807) is 0 Å². The number of carboxylic acids is 1. The maximum Gasteiger partial charge on any atom is 0.307 e. The summed E-state index contributed by atoms with van der Waals surface area (Å²) in [4.78, 5) is 23.7. The molecule has 1 amide bonds. The van der Waals surface area contributed by atoms with Crippen molar-refractivity contribution in [3.05, 3.63) is 34.3 Å². The van der Waals surface area contributed by atoms with Crippen molar-refractivity contribution in [2.24, 2.45) is 11.8 Å². The van der Waals surface area contributed by atoms with Crippen molar-refractivity contribution < 1.29 is 14.7 Å². The molecule has 4 nitrogen and oxygen atoms in total. The molecule has 1 aromatic rings. The van der Waals surface area contributed by atoms with Crippen molar-refractivity contribution in [1.29, 1.82) is 0 Å². The highest BCUT2D eigenvalue weighted by Gasteiger charge is 2.36. The number of rotatable bonds is 4. The van der Waals surface area contributed by atoms with Crippen LogP contribution in [0.3, 0.4) is 0 Å². The highest BCUT2D eigenvalue weighted by molar-refractivity contribution is 9.10. The van der Waals surface area contributed by atoms with E-state index in [-0.39, 0.29) is 11.9 Å². The van der Waals surface area contributed by atoms with E-state index in [1.165, 1.54) is 0 Å². The van der Waals surface area contributed by atoms with Crippen LogP contribution in [0.4, 0.5) is 0 Å². The first kappa shape index (κ1) is 16.0. The highest BCUT2D eigenvalue weighted by atomic mass is 79.9. The van der Waals surface area contributed by atoms with Crippen molar-refractivity contribution in [3.63, 3.8) is 0 Å². The van der Waals surface area contributed by atoms with Gasteiger partial charge in [0.15, 0.2) is 0 Å². The van der Waals surface area contributed by atoms with E-state index in [1.807, 2.05) is 31.2 Å². The average molecular weight is 354 g/mol. The van der Waals surface area contributed by atoms with Crippen LogP contribution in [-0.4, -0.2) is 17.0 Å². The fourth-order valence-electron chi connectivity index (χ4n) is 2.96. The maximum atomic E-state index is 12.4. The van der Waals surface area contributed by atoms with Gasteiger partial charge in [-0.2, -0.15) is 0 Å². The predicted molar refractivity (Wildman–Crippen MR) is 83.8 cm³/mol. The molecule has 0 radical (unpaired) electrons. The lowest BCUT2D eigenvalue weighted by Gasteiger charge is -2.29. The molecule has 21 heavy (non-hydrogen) atoms. The third-order valence-electron chi connectivity index (χ3n) is 4.15. The SMILES string of the molecule is C[C@@H](NC(=O)C1CCCCC1C(=O)O)c1ccccc1Br. The van der Waals surface area contributed by atoms with E-state index in [2.05, 4.69) is 21.2 Å². The first-order valence-corrected chi connectivity index (χ1v) is 8.07. The van der Waals surface area contributed by atoms with Gasteiger partial charge in [-0.1, -0.05) is 47.0 Å². The van der Waals surface area contributed by atoms with Gasteiger partial charge in [0.05, 0.1) is 17.9 Å². The normalized spacial score (nSPS) is 23.3. The lowest BCUT2D eigenvalue weighted by atomic mass is 9.78. The van der Waals surface area contributed by atoms with Crippen molar-refractivity contribution in [2.45, 2.75) is 38.6 Å². The summed E-state index contributed by atoms with van der Waals surface area (Å²) in [6.07, 6.45) is 3.06. The Labute approximate surface area is 133 Å². The molecule has 0 bridgehead atoms. The Morgan fingerprint density at radius 2 is 1.86 bits per heavy atom. The van der Waals surface area contributed by atoms with E-state index in [4.69, 9.17) is 0 Å². The molecule has 2 rings (SSSR count). The van der Waals surface area contributed by atoms with Crippen LogP contribution < -0.4 is 5.32 Å². The van der Waals surface area contributed by atoms with Gasteiger partial charge in [0.1, 0.15) is 0 Å². The van der Waals surface area contributed by atoms with Gasteiger partial charge in [-0.05, 0) is 31.4 Å². The zero-order chi connectivity index (χ0) is 15.4. The summed E-state index contributed by atoms with van der Waals surface area (Å²) in [5.41, 5.74) is 0.994. The van der Waals surface area contributed by atoms with Gasteiger partial charge in [-0.25, -0.2) is 0 Å². The monoisotopic (exact) mass is 353 g/mol. The number of carbonyl (C=O) groups is 2. The highest BCUT2D eigenvalue weighted by Crippen LogP contribution is 2.31. The second-order valence-electron chi connectivity index (χ2n) is 5.59. The van der Waals surface area contributed by atoms with Crippen LogP contribution in [0, 0.1) is 11.8 Å². The molecule has 1 aromatic carbocycles. The number of benzene rings is 1. The summed E-state index contributed by atoms with van der Waals surface area (Å²) < 4.78 is 0.941. The maximum absolute atomic E-state index is 12.4. The van der Waals surface area contributed by atoms with E-state index in [0.29, 0.717) is 12.8 Å². The number of nitrogens with one attached hydrogen (secondary N) is 1. The Morgan fingerprint density at radius 1 is 1.24 bits per heavy atom. The Bertz CT molecular complexity index is 532. The molecule has 3 atom stereocenters. The summed E-state index contributed by atoms with van der Waals surface area (Å²) in [5, 5.41) is 12.2. The zero-order valence-corrected chi connectivity index (χ0v) is 13.6. The van der Waals surface area contributed by atoms with Gasteiger partial charge in [-0.15, -0.1) is 0 Å². The molecule has 0 spiro atoms. The first-order chi connectivity index (χ1) is 10.0. The second kappa shape index (κ2) is 7.07. The molecule has 5 heteroatoms. The number of carbonyl (C=O) groups excluding carboxylic acids is 1. The van der Waals surface area contributed by atoms with E-state index < -0.39 is 17.8 Å². The Balaban J connectivity index is 2.06. The fourth-order valence-corrected chi connectivity index (χ4v) is 3.59. The van der Waals surface area contributed by atoms with Crippen molar-refractivity contribution in [3.8, 4) is 0 Å².